The van der Waals surface area contributed by atoms with E-state index in [0.29, 0.717) is 18.0 Å². The van der Waals surface area contributed by atoms with E-state index >= 15 is 0 Å². The van der Waals surface area contributed by atoms with Crippen LogP contribution in [0.2, 0.25) is 0 Å². The largest absolute Gasteiger partial charge is 0.494 e. The highest BCUT2D eigenvalue weighted by Crippen LogP contribution is 2.23. The van der Waals surface area contributed by atoms with E-state index in [1.165, 1.54) is 12.1 Å². The number of sulfonamides is 1. The van der Waals surface area contributed by atoms with Crippen LogP contribution in [-0.4, -0.2) is 37.6 Å². The number of imide groups is 1. The standard InChI is InChI=1S/C17H16N2O5S/c1-2-24-13-9-7-12(8-10-13)18-25(22,23)11-19-16(20)14-5-3-4-6-15(14)17(19)21/h3-10,18H,2,11H2,1H3. The van der Waals surface area contributed by atoms with Gasteiger partial charge in [0.15, 0.2) is 5.88 Å². The maximum atomic E-state index is 12.3. The molecule has 0 fully saturated rings. The number of hydrogen-bond donors (Lipinski definition) is 1. The molecule has 2 amide bonds. The Balaban J connectivity index is 1.74. The maximum Gasteiger partial charge on any atom is 0.262 e. The molecule has 0 atom stereocenters. The summed E-state index contributed by atoms with van der Waals surface area (Å²) in [5, 5.41) is 0. The Kier molecular flexibility index (Phi) is 4.45. The number of amides is 2. The molecule has 0 saturated carbocycles. The summed E-state index contributed by atoms with van der Waals surface area (Å²) in [6, 6.07) is 12.6. The van der Waals surface area contributed by atoms with Crippen molar-refractivity contribution in [2.75, 3.05) is 17.2 Å². The predicted molar refractivity (Wildman–Crippen MR) is 92.0 cm³/mol. The molecule has 1 aliphatic rings. The second kappa shape index (κ2) is 6.56. The van der Waals surface area contributed by atoms with E-state index in [-0.39, 0.29) is 11.1 Å². The highest BCUT2D eigenvalue weighted by molar-refractivity contribution is 7.92. The van der Waals surface area contributed by atoms with E-state index in [0.717, 1.165) is 4.90 Å². The molecule has 0 unspecified atom stereocenters. The van der Waals surface area contributed by atoms with Gasteiger partial charge in [-0.2, -0.15) is 0 Å². The fraction of sp³-hybridized carbons (Fsp3) is 0.176. The number of benzene rings is 2. The second-order valence-corrected chi connectivity index (χ2v) is 7.08. The zero-order valence-electron chi connectivity index (χ0n) is 13.4. The topological polar surface area (TPSA) is 92.8 Å². The number of carbonyl (C=O) groups excluding carboxylic acids is 2. The first-order valence-corrected chi connectivity index (χ1v) is 9.25. The monoisotopic (exact) mass is 360 g/mol. The fourth-order valence-corrected chi connectivity index (χ4v) is 3.66. The highest BCUT2D eigenvalue weighted by atomic mass is 32.2. The van der Waals surface area contributed by atoms with Crippen molar-refractivity contribution in [2.24, 2.45) is 0 Å². The average Bonchev–Trinajstić information content (AvgIpc) is 2.82. The molecule has 0 radical (unpaired) electrons. The molecule has 1 heterocycles. The molecule has 2 aromatic carbocycles. The van der Waals surface area contributed by atoms with Crippen LogP contribution in [-0.2, 0) is 10.0 Å². The lowest BCUT2D eigenvalue weighted by Crippen LogP contribution is -2.37. The molecule has 2 aromatic rings. The van der Waals surface area contributed by atoms with Crippen molar-refractivity contribution in [3.8, 4) is 5.75 Å². The summed E-state index contributed by atoms with van der Waals surface area (Å²) in [6.07, 6.45) is 0. The summed E-state index contributed by atoms with van der Waals surface area (Å²) < 4.78 is 32.3. The van der Waals surface area contributed by atoms with Crippen LogP contribution in [0.15, 0.2) is 48.5 Å². The molecule has 25 heavy (non-hydrogen) atoms. The molecule has 130 valence electrons. The summed E-state index contributed by atoms with van der Waals surface area (Å²) in [6.45, 7) is 2.35. The van der Waals surface area contributed by atoms with Gasteiger partial charge in [-0.3, -0.25) is 19.2 Å². The highest BCUT2D eigenvalue weighted by Gasteiger charge is 2.37. The third kappa shape index (κ3) is 3.48. The van der Waals surface area contributed by atoms with Crippen LogP contribution < -0.4 is 9.46 Å². The van der Waals surface area contributed by atoms with Gasteiger partial charge < -0.3 is 4.74 Å². The lowest BCUT2D eigenvalue weighted by Gasteiger charge is -2.15. The lowest BCUT2D eigenvalue weighted by atomic mass is 10.1. The van der Waals surface area contributed by atoms with Crippen molar-refractivity contribution in [1.82, 2.24) is 4.90 Å². The minimum atomic E-state index is -3.93. The van der Waals surface area contributed by atoms with Gasteiger partial charge in [0.05, 0.1) is 17.7 Å². The molecule has 0 bridgehead atoms. The van der Waals surface area contributed by atoms with Crippen LogP contribution in [0.1, 0.15) is 27.6 Å². The first kappa shape index (κ1) is 17.0. The van der Waals surface area contributed by atoms with Crippen molar-refractivity contribution in [3.05, 3.63) is 59.7 Å². The van der Waals surface area contributed by atoms with Crippen molar-refractivity contribution in [3.63, 3.8) is 0 Å². The van der Waals surface area contributed by atoms with Gasteiger partial charge in [-0.25, -0.2) is 8.42 Å². The van der Waals surface area contributed by atoms with E-state index < -0.39 is 27.7 Å². The van der Waals surface area contributed by atoms with Crippen LogP contribution in [0.3, 0.4) is 0 Å². The Hall–Kier alpha value is -2.87. The zero-order chi connectivity index (χ0) is 18.0. The lowest BCUT2D eigenvalue weighted by molar-refractivity contribution is 0.0680. The third-order valence-electron chi connectivity index (χ3n) is 3.62. The van der Waals surface area contributed by atoms with Crippen molar-refractivity contribution < 1.29 is 22.7 Å². The number of fused-ring (bicyclic) bond motifs is 1. The molecular formula is C17H16N2O5S. The Morgan fingerprint density at radius 2 is 1.52 bits per heavy atom. The van der Waals surface area contributed by atoms with Crippen molar-refractivity contribution >= 4 is 27.5 Å². The van der Waals surface area contributed by atoms with E-state index in [1.807, 2.05) is 6.92 Å². The van der Waals surface area contributed by atoms with Crippen LogP contribution >= 0.6 is 0 Å². The molecule has 1 N–H and O–H groups in total. The van der Waals surface area contributed by atoms with Crippen molar-refractivity contribution in [2.45, 2.75) is 6.92 Å². The third-order valence-corrected chi connectivity index (χ3v) is 4.76. The number of hydrogen-bond acceptors (Lipinski definition) is 5. The molecular weight excluding hydrogens is 344 g/mol. The first-order valence-electron chi connectivity index (χ1n) is 7.60. The number of anilines is 1. The quantitative estimate of drug-likeness (QED) is 0.796. The van der Waals surface area contributed by atoms with Crippen LogP contribution in [0.4, 0.5) is 5.69 Å². The van der Waals surface area contributed by atoms with Gasteiger partial charge in [0.25, 0.3) is 21.8 Å². The van der Waals surface area contributed by atoms with Gasteiger partial charge in [0, 0.05) is 5.69 Å². The van der Waals surface area contributed by atoms with Gasteiger partial charge in [0.2, 0.25) is 0 Å². The summed E-state index contributed by atoms with van der Waals surface area (Å²) in [5.41, 5.74) is 0.743. The molecule has 7 nitrogen and oxygen atoms in total. The van der Waals surface area contributed by atoms with Gasteiger partial charge in [-0.15, -0.1) is 0 Å². The number of nitrogens with one attached hydrogen (secondary N) is 1. The fourth-order valence-electron chi connectivity index (χ4n) is 2.52. The van der Waals surface area contributed by atoms with Crippen molar-refractivity contribution in [1.29, 1.82) is 0 Å². The SMILES string of the molecule is CCOc1ccc(NS(=O)(=O)CN2C(=O)c3ccccc3C2=O)cc1. The summed E-state index contributed by atoms with van der Waals surface area (Å²) in [4.78, 5) is 25.2. The van der Waals surface area contributed by atoms with Gasteiger partial charge >= 0.3 is 0 Å². The van der Waals surface area contributed by atoms with Gasteiger partial charge in [-0.05, 0) is 43.3 Å². The minimum Gasteiger partial charge on any atom is -0.494 e. The minimum absolute atomic E-state index is 0.212. The smallest absolute Gasteiger partial charge is 0.262 e. The maximum absolute atomic E-state index is 12.3. The predicted octanol–water partition coefficient (Wildman–Crippen LogP) is 2.08. The molecule has 0 aliphatic carbocycles. The number of nitrogens with zero attached hydrogens (tertiary/aromatic N) is 1. The molecule has 0 spiro atoms. The van der Waals surface area contributed by atoms with Crippen LogP contribution in [0.25, 0.3) is 0 Å². The zero-order valence-corrected chi connectivity index (χ0v) is 14.2. The summed E-state index contributed by atoms with van der Waals surface area (Å²) in [7, 11) is -3.93. The summed E-state index contributed by atoms with van der Waals surface area (Å²) in [5.74, 6) is -1.35. The number of carbonyl (C=O) groups is 2. The first-order chi connectivity index (χ1) is 11.9. The Labute approximate surface area is 145 Å². The van der Waals surface area contributed by atoms with Gasteiger partial charge in [0.1, 0.15) is 5.75 Å². The van der Waals surface area contributed by atoms with Gasteiger partial charge in [-0.1, -0.05) is 12.1 Å². The van der Waals surface area contributed by atoms with E-state index in [9.17, 15) is 18.0 Å². The molecule has 0 saturated heterocycles. The Bertz CT molecular complexity index is 887. The molecule has 8 heteroatoms. The molecule has 0 aromatic heterocycles. The van der Waals surface area contributed by atoms with E-state index in [2.05, 4.69) is 4.72 Å². The number of ether oxygens (including phenoxy) is 1. The average molecular weight is 360 g/mol. The number of rotatable bonds is 6. The Morgan fingerprint density at radius 3 is 2.04 bits per heavy atom. The van der Waals surface area contributed by atoms with Crippen LogP contribution in [0, 0.1) is 0 Å². The van der Waals surface area contributed by atoms with E-state index in [4.69, 9.17) is 4.74 Å². The molecule has 1 aliphatic heterocycles. The second-order valence-electron chi connectivity index (χ2n) is 5.39. The Morgan fingerprint density at radius 1 is 0.960 bits per heavy atom. The normalized spacial score (nSPS) is 13.7. The van der Waals surface area contributed by atoms with E-state index in [1.54, 1.807) is 36.4 Å². The van der Waals surface area contributed by atoms with Crippen LogP contribution in [0.5, 0.6) is 5.75 Å². The summed E-state index contributed by atoms with van der Waals surface area (Å²) >= 11 is 0. The molecule has 3 rings (SSSR count).